The lowest BCUT2D eigenvalue weighted by Gasteiger charge is -2.38. The predicted molar refractivity (Wildman–Crippen MR) is 75.1 cm³/mol. The fraction of sp³-hybridized carbons (Fsp3) is 0.667. The Balaban J connectivity index is 2.03. The van der Waals surface area contributed by atoms with Crippen LogP contribution in [0.4, 0.5) is 5.82 Å². The van der Waals surface area contributed by atoms with Gasteiger partial charge >= 0.3 is 11.8 Å². The van der Waals surface area contributed by atoms with Crippen LogP contribution in [-0.4, -0.2) is 83.3 Å². The fourth-order valence-corrected chi connectivity index (χ4v) is 2.37. The molecule has 13 heteroatoms. The SMILES string of the molecule is O=C(O)[C@H]1O[C@@H](OCCn2c([N+](=O)[O-])cnc2CO)[C@H](O)[C@@H](O)[C@@H]1O. The van der Waals surface area contributed by atoms with Crippen LogP contribution in [-0.2, 0) is 27.4 Å². The summed E-state index contributed by atoms with van der Waals surface area (Å²) in [5.74, 6) is -1.93. The van der Waals surface area contributed by atoms with Crippen LogP contribution >= 0.6 is 0 Å². The van der Waals surface area contributed by atoms with Gasteiger partial charge in [-0.1, -0.05) is 0 Å². The number of aliphatic carboxylic acids is 1. The lowest BCUT2D eigenvalue weighted by atomic mass is 9.99. The number of carboxylic acid groups (broad SMARTS) is 1. The number of aliphatic hydroxyl groups is 4. The van der Waals surface area contributed by atoms with Crippen molar-refractivity contribution < 1.29 is 44.7 Å². The number of ether oxygens (including phenoxy) is 2. The summed E-state index contributed by atoms with van der Waals surface area (Å²) in [6, 6.07) is 0. The van der Waals surface area contributed by atoms with Crippen molar-refractivity contribution in [3.8, 4) is 0 Å². The molecule has 0 unspecified atom stereocenters. The van der Waals surface area contributed by atoms with E-state index in [2.05, 4.69) is 4.98 Å². The largest absolute Gasteiger partial charge is 0.479 e. The summed E-state index contributed by atoms with van der Waals surface area (Å²) in [7, 11) is 0. The average Bonchev–Trinajstić information content (AvgIpc) is 2.97. The van der Waals surface area contributed by atoms with E-state index in [4.69, 9.17) is 19.7 Å². The lowest BCUT2D eigenvalue weighted by molar-refractivity contribution is -0.392. The Morgan fingerprint density at radius 3 is 2.60 bits per heavy atom. The highest BCUT2D eigenvalue weighted by molar-refractivity contribution is 5.73. The molecule has 1 aromatic rings. The molecule has 1 aliphatic rings. The predicted octanol–water partition coefficient (Wildman–Crippen LogP) is -2.81. The quantitative estimate of drug-likeness (QED) is 0.247. The minimum Gasteiger partial charge on any atom is -0.479 e. The molecule has 140 valence electrons. The number of rotatable bonds is 7. The minimum absolute atomic E-state index is 0.0132. The van der Waals surface area contributed by atoms with Gasteiger partial charge in [0.1, 0.15) is 37.7 Å². The molecule has 2 rings (SSSR count). The Morgan fingerprint density at radius 1 is 1.36 bits per heavy atom. The van der Waals surface area contributed by atoms with Crippen LogP contribution in [0.15, 0.2) is 6.20 Å². The molecule has 0 amide bonds. The zero-order valence-corrected chi connectivity index (χ0v) is 12.7. The highest BCUT2D eigenvalue weighted by Crippen LogP contribution is 2.23. The normalized spacial score (nSPS) is 29.5. The Hall–Kier alpha value is -2.16. The van der Waals surface area contributed by atoms with Gasteiger partial charge in [-0.2, -0.15) is 0 Å². The van der Waals surface area contributed by atoms with Gasteiger partial charge < -0.3 is 45.1 Å². The van der Waals surface area contributed by atoms with Crippen molar-refractivity contribution in [1.82, 2.24) is 9.55 Å². The molecule has 1 aromatic heterocycles. The molecule has 0 aliphatic carbocycles. The van der Waals surface area contributed by atoms with E-state index in [0.717, 1.165) is 10.8 Å². The van der Waals surface area contributed by atoms with Crippen molar-refractivity contribution in [2.75, 3.05) is 6.61 Å². The van der Waals surface area contributed by atoms with E-state index in [9.17, 15) is 30.2 Å². The number of nitrogens with zero attached hydrogens (tertiary/aromatic N) is 3. The highest BCUT2D eigenvalue weighted by atomic mass is 16.7. The number of carboxylic acids is 1. The van der Waals surface area contributed by atoms with E-state index < -0.39 is 54.0 Å². The number of nitro groups is 1. The molecule has 1 saturated heterocycles. The van der Waals surface area contributed by atoms with Crippen molar-refractivity contribution in [1.29, 1.82) is 0 Å². The van der Waals surface area contributed by atoms with E-state index >= 15 is 0 Å². The first-order chi connectivity index (χ1) is 11.8. The average molecular weight is 363 g/mol. The van der Waals surface area contributed by atoms with E-state index in [-0.39, 0.29) is 19.0 Å². The smallest absolute Gasteiger partial charge is 0.343 e. The molecule has 2 heterocycles. The van der Waals surface area contributed by atoms with Gasteiger partial charge in [-0.15, -0.1) is 0 Å². The standard InChI is InChI=1S/C12H17N3O10/c16-4-5-13-3-6(15(22)23)14(5)1-2-24-12-9(19)7(17)8(18)10(25-12)11(20)21/h3,7-10,12,16-19H,1-2,4H2,(H,20,21)/t7-,8-,9+,10-,12+/m0/s1. The number of hydrogen-bond acceptors (Lipinski definition) is 10. The zero-order valence-electron chi connectivity index (χ0n) is 12.7. The van der Waals surface area contributed by atoms with Gasteiger partial charge in [0.2, 0.25) is 5.82 Å². The van der Waals surface area contributed by atoms with Gasteiger partial charge in [-0.25, -0.2) is 14.3 Å². The van der Waals surface area contributed by atoms with E-state index in [1.54, 1.807) is 0 Å². The summed E-state index contributed by atoms with van der Waals surface area (Å²) in [5.41, 5.74) is 0. The summed E-state index contributed by atoms with van der Waals surface area (Å²) in [6.07, 6.45) is -7.80. The molecule has 0 spiro atoms. The number of aliphatic hydroxyl groups excluding tert-OH is 4. The molecule has 13 nitrogen and oxygen atoms in total. The Morgan fingerprint density at radius 2 is 2.04 bits per heavy atom. The van der Waals surface area contributed by atoms with Gasteiger partial charge in [0.25, 0.3) is 0 Å². The third-order valence-corrected chi connectivity index (χ3v) is 3.66. The van der Waals surface area contributed by atoms with Crippen molar-refractivity contribution in [3.05, 3.63) is 22.1 Å². The lowest BCUT2D eigenvalue weighted by Crippen LogP contribution is -2.60. The third kappa shape index (κ3) is 3.92. The van der Waals surface area contributed by atoms with Crippen molar-refractivity contribution in [2.45, 2.75) is 43.9 Å². The molecule has 0 aromatic carbocycles. The van der Waals surface area contributed by atoms with Crippen LogP contribution in [0.1, 0.15) is 5.82 Å². The summed E-state index contributed by atoms with van der Waals surface area (Å²) in [6.45, 7) is -1.00. The highest BCUT2D eigenvalue weighted by Gasteiger charge is 2.47. The summed E-state index contributed by atoms with van der Waals surface area (Å²) >= 11 is 0. The zero-order chi connectivity index (χ0) is 18.7. The molecular formula is C12H17N3O10. The second kappa shape index (κ2) is 7.81. The maximum absolute atomic E-state index is 11.0. The first-order valence-corrected chi connectivity index (χ1v) is 7.11. The van der Waals surface area contributed by atoms with Gasteiger partial charge in [0, 0.05) is 0 Å². The molecule has 0 saturated carbocycles. The van der Waals surface area contributed by atoms with Crippen LogP contribution in [0.2, 0.25) is 0 Å². The Labute approximate surface area is 139 Å². The Kier molecular flexibility index (Phi) is 5.99. The van der Waals surface area contributed by atoms with Gasteiger partial charge in [0.15, 0.2) is 12.4 Å². The van der Waals surface area contributed by atoms with E-state index in [0.29, 0.717) is 0 Å². The van der Waals surface area contributed by atoms with Crippen LogP contribution < -0.4 is 0 Å². The van der Waals surface area contributed by atoms with Crippen LogP contribution in [0.5, 0.6) is 0 Å². The number of hydrogen-bond donors (Lipinski definition) is 5. The molecule has 1 fully saturated rings. The monoisotopic (exact) mass is 363 g/mol. The van der Waals surface area contributed by atoms with Crippen molar-refractivity contribution in [3.63, 3.8) is 0 Å². The molecule has 0 bridgehead atoms. The summed E-state index contributed by atoms with van der Waals surface area (Å²) in [5, 5.41) is 57.9. The second-order valence-electron chi connectivity index (χ2n) is 5.21. The maximum atomic E-state index is 11.0. The number of carbonyl (C=O) groups is 1. The van der Waals surface area contributed by atoms with Gasteiger partial charge in [0.05, 0.1) is 6.61 Å². The topological polar surface area (TPSA) is 198 Å². The Bertz CT molecular complexity index is 635. The number of imidazole rings is 1. The van der Waals surface area contributed by atoms with Crippen molar-refractivity contribution >= 4 is 11.8 Å². The second-order valence-corrected chi connectivity index (χ2v) is 5.21. The first kappa shape index (κ1) is 19.2. The molecule has 1 aliphatic heterocycles. The molecule has 5 N–H and O–H groups in total. The molecule has 5 atom stereocenters. The molecule has 0 radical (unpaired) electrons. The first-order valence-electron chi connectivity index (χ1n) is 7.11. The van der Waals surface area contributed by atoms with Crippen LogP contribution in [0, 0.1) is 10.1 Å². The number of aromatic nitrogens is 2. The van der Waals surface area contributed by atoms with Crippen LogP contribution in [0.25, 0.3) is 0 Å². The summed E-state index contributed by atoms with van der Waals surface area (Å²) in [4.78, 5) is 24.8. The summed E-state index contributed by atoms with van der Waals surface area (Å²) < 4.78 is 11.1. The van der Waals surface area contributed by atoms with Crippen molar-refractivity contribution in [2.24, 2.45) is 0 Å². The molecular weight excluding hydrogens is 346 g/mol. The minimum atomic E-state index is -1.84. The fourth-order valence-electron chi connectivity index (χ4n) is 2.37. The molecule has 25 heavy (non-hydrogen) atoms. The van der Waals surface area contributed by atoms with E-state index in [1.165, 1.54) is 0 Å². The maximum Gasteiger partial charge on any atom is 0.343 e. The third-order valence-electron chi connectivity index (χ3n) is 3.66. The van der Waals surface area contributed by atoms with E-state index in [1.807, 2.05) is 0 Å². The van der Waals surface area contributed by atoms with Gasteiger partial charge in [-0.3, -0.25) is 0 Å². The van der Waals surface area contributed by atoms with Gasteiger partial charge in [-0.05, 0) is 4.92 Å². The van der Waals surface area contributed by atoms with Crippen LogP contribution in [0.3, 0.4) is 0 Å².